The second-order valence-electron chi connectivity index (χ2n) is 6.52. The van der Waals surface area contributed by atoms with Crippen LogP contribution in [0, 0.1) is 0 Å². The summed E-state index contributed by atoms with van der Waals surface area (Å²) in [6, 6.07) is 15.5. The van der Waals surface area contributed by atoms with E-state index in [0.717, 1.165) is 28.5 Å². The zero-order chi connectivity index (χ0) is 16.4. The smallest absolute Gasteiger partial charge is 0.0651 e. The van der Waals surface area contributed by atoms with Gasteiger partial charge in [-0.15, -0.1) is 0 Å². The summed E-state index contributed by atoms with van der Waals surface area (Å²) in [7, 11) is 0. The van der Waals surface area contributed by atoms with Gasteiger partial charge in [0.1, 0.15) is 0 Å². The van der Waals surface area contributed by atoms with Crippen molar-refractivity contribution >= 4 is 32.5 Å². The number of likely N-dealkylation sites (tertiary alicyclic amines) is 1. The summed E-state index contributed by atoms with van der Waals surface area (Å²) in [6.45, 7) is 3.26. The normalized spacial score (nSPS) is 18.8. The fourth-order valence-corrected chi connectivity index (χ4v) is 3.93. The van der Waals surface area contributed by atoms with Crippen LogP contribution in [0.15, 0.2) is 53.1 Å². The zero-order valence-electron chi connectivity index (χ0n) is 13.5. The Bertz CT molecular complexity index is 829. The van der Waals surface area contributed by atoms with Crippen LogP contribution in [0.2, 0.25) is 0 Å². The molecule has 0 radical (unpaired) electrons. The van der Waals surface area contributed by atoms with Crippen molar-refractivity contribution in [2.24, 2.45) is 0 Å². The van der Waals surface area contributed by atoms with Gasteiger partial charge in [-0.25, -0.2) is 0 Å². The van der Waals surface area contributed by atoms with Crippen molar-refractivity contribution in [1.29, 1.82) is 0 Å². The number of nitrogens with zero attached hydrogens (tertiary/aromatic N) is 2. The molecule has 1 aliphatic heterocycles. The molecule has 4 nitrogen and oxygen atoms in total. The van der Waals surface area contributed by atoms with Crippen molar-refractivity contribution in [2.45, 2.75) is 25.4 Å². The average Bonchev–Trinajstić information content (AvgIpc) is 3.03. The Morgan fingerprint density at radius 2 is 2.21 bits per heavy atom. The fourth-order valence-electron chi connectivity index (χ4n) is 3.48. The molecule has 2 aromatic carbocycles. The van der Waals surface area contributed by atoms with E-state index >= 15 is 0 Å². The number of hydrogen-bond acceptors (Lipinski definition) is 3. The summed E-state index contributed by atoms with van der Waals surface area (Å²) in [5, 5.41) is 11.9. The number of fused-ring (bicyclic) bond motifs is 1. The lowest BCUT2D eigenvalue weighted by molar-refractivity contribution is 0.208. The molecule has 0 aliphatic carbocycles. The van der Waals surface area contributed by atoms with E-state index in [0.29, 0.717) is 6.04 Å². The molecule has 2 heterocycles. The van der Waals surface area contributed by atoms with Crippen LogP contribution in [-0.2, 0) is 6.54 Å². The SMILES string of the molecule is Brc1cccc(CN2CCC[C@H](Nc3ccc4[nH]ncc4c3)C2)c1. The van der Waals surface area contributed by atoms with Gasteiger partial charge in [-0.2, -0.15) is 5.10 Å². The summed E-state index contributed by atoms with van der Waals surface area (Å²) in [5.74, 6) is 0. The van der Waals surface area contributed by atoms with Crippen molar-refractivity contribution in [3.8, 4) is 0 Å². The number of hydrogen-bond donors (Lipinski definition) is 2. The van der Waals surface area contributed by atoms with E-state index in [2.05, 4.69) is 78.8 Å². The number of benzene rings is 2. The maximum absolute atomic E-state index is 4.09. The predicted molar refractivity (Wildman–Crippen MR) is 102 cm³/mol. The number of piperidine rings is 1. The van der Waals surface area contributed by atoms with Crippen LogP contribution < -0.4 is 5.32 Å². The third-order valence-corrected chi connectivity index (χ3v) is 5.10. The largest absolute Gasteiger partial charge is 0.381 e. The van der Waals surface area contributed by atoms with E-state index in [1.165, 1.54) is 30.6 Å². The molecule has 3 aromatic rings. The fraction of sp³-hybridized carbons (Fsp3) is 0.316. The number of H-pyrrole nitrogens is 1. The first-order chi connectivity index (χ1) is 11.8. The summed E-state index contributed by atoms with van der Waals surface area (Å²) in [5.41, 5.74) is 3.63. The van der Waals surface area contributed by atoms with Gasteiger partial charge in [-0.1, -0.05) is 28.1 Å². The summed E-state index contributed by atoms with van der Waals surface area (Å²) in [4.78, 5) is 2.54. The first-order valence-electron chi connectivity index (χ1n) is 8.43. The van der Waals surface area contributed by atoms with Gasteiger partial charge in [0.25, 0.3) is 0 Å². The van der Waals surface area contributed by atoms with E-state index in [-0.39, 0.29) is 0 Å². The van der Waals surface area contributed by atoms with Crippen molar-refractivity contribution < 1.29 is 0 Å². The van der Waals surface area contributed by atoms with Gasteiger partial charge in [0.15, 0.2) is 0 Å². The topological polar surface area (TPSA) is 44.0 Å². The highest BCUT2D eigenvalue weighted by Crippen LogP contribution is 2.21. The van der Waals surface area contributed by atoms with E-state index < -0.39 is 0 Å². The molecule has 24 heavy (non-hydrogen) atoms. The van der Waals surface area contributed by atoms with Gasteiger partial charge in [0, 0.05) is 34.7 Å². The Morgan fingerprint density at radius 1 is 1.25 bits per heavy atom. The molecule has 124 valence electrons. The van der Waals surface area contributed by atoms with E-state index in [1.54, 1.807) is 0 Å². The molecule has 0 bridgehead atoms. The molecule has 1 aliphatic rings. The number of aromatic amines is 1. The van der Waals surface area contributed by atoms with Gasteiger partial charge in [-0.3, -0.25) is 10.00 Å². The first kappa shape index (κ1) is 15.7. The molecule has 1 atom stereocenters. The quantitative estimate of drug-likeness (QED) is 0.700. The van der Waals surface area contributed by atoms with Crippen LogP contribution in [0.25, 0.3) is 10.9 Å². The van der Waals surface area contributed by atoms with Crippen LogP contribution in [0.5, 0.6) is 0 Å². The van der Waals surface area contributed by atoms with Crippen molar-refractivity contribution in [3.63, 3.8) is 0 Å². The van der Waals surface area contributed by atoms with Gasteiger partial charge >= 0.3 is 0 Å². The molecule has 0 saturated carbocycles. The third-order valence-electron chi connectivity index (χ3n) is 4.61. The van der Waals surface area contributed by atoms with Crippen LogP contribution >= 0.6 is 15.9 Å². The van der Waals surface area contributed by atoms with Gasteiger partial charge < -0.3 is 5.32 Å². The maximum Gasteiger partial charge on any atom is 0.0651 e. The lowest BCUT2D eigenvalue weighted by Gasteiger charge is -2.33. The van der Waals surface area contributed by atoms with E-state index in [4.69, 9.17) is 0 Å². The van der Waals surface area contributed by atoms with Crippen LogP contribution in [0.1, 0.15) is 18.4 Å². The van der Waals surface area contributed by atoms with Crippen LogP contribution in [0.3, 0.4) is 0 Å². The average molecular weight is 385 g/mol. The summed E-state index contributed by atoms with van der Waals surface area (Å²) >= 11 is 3.56. The van der Waals surface area contributed by atoms with E-state index in [9.17, 15) is 0 Å². The molecule has 1 saturated heterocycles. The van der Waals surface area contributed by atoms with Crippen molar-refractivity contribution in [2.75, 3.05) is 18.4 Å². The monoisotopic (exact) mass is 384 g/mol. The lowest BCUT2D eigenvalue weighted by atomic mass is 10.0. The molecule has 0 unspecified atom stereocenters. The standard InChI is InChI=1S/C19H21BrN4/c20-16-4-1-3-14(9-16)12-24-8-2-5-18(13-24)22-17-6-7-19-15(10-17)11-21-23-19/h1,3-4,6-7,9-11,18,22H,2,5,8,12-13H2,(H,21,23)/t18-/m0/s1. The minimum atomic E-state index is 0.496. The number of anilines is 1. The molecule has 1 fully saturated rings. The maximum atomic E-state index is 4.09. The lowest BCUT2D eigenvalue weighted by Crippen LogP contribution is -2.41. The van der Waals surface area contributed by atoms with Gasteiger partial charge in [-0.05, 0) is 55.3 Å². The number of rotatable bonds is 4. The summed E-state index contributed by atoms with van der Waals surface area (Å²) < 4.78 is 1.15. The van der Waals surface area contributed by atoms with Crippen molar-refractivity contribution in [1.82, 2.24) is 15.1 Å². The molecule has 2 N–H and O–H groups in total. The Kier molecular flexibility index (Phi) is 4.54. The second-order valence-corrected chi connectivity index (χ2v) is 7.44. The third kappa shape index (κ3) is 3.62. The molecular formula is C19H21BrN4. The Balaban J connectivity index is 1.40. The summed E-state index contributed by atoms with van der Waals surface area (Å²) in [6.07, 6.45) is 4.33. The minimum absolute atomic E-state index is 0.496. The molecule has 5 heteroatoms. The highest BCUT2D eigenvalue weighted by Gasteiger charge is 2.20. The highest BCUT2D eigenvalue weighted by atomic mass is 79.9. The number of aromatic nitrogens is 2. The predicted octanol–water partition coefficient (Wildman–Crippen LogP) is 4.40. The number of nitrogens with one attached hydrogen (secondary N) is 2. The van der Waals surface area contributed by atoms with Crippen molar-refractivity contribution in [3.05, 3.63) is 58.7 Å². The zero-order valence-corrected chi connectivity index (χ0v) is 15.1. The minimum Gasteiger partial charge on any atom is -0.381 e. The Labute approximate surface area is 150 Å². The van der Waals surface area contributed by atoms with E-state index in [1.807, 2.05) is 6.20 Å². The molecule has 0 spiro atoms. The first-order valence-corrected chi connectivity index (χ1v) is 9.22. The Hall–Kier alpha value is -1.85. The molecule has 0 amide bonds. The molecular weight excluding hydrogens is 364 g/mol. The van der Waals surface area contributed by atoms with Crippen LogP contribution in [-0.4, -0.2) is 34.2 Å². The Morgan fingerprint density at radius 3 is 3.12 bits per heavy atom. The van der Waals surface area contributed by atoms with Crippen LogP contribution in [0.4, 0.5) is 5.69 Å². The second kappa shape index (κ2) is 6.95. The molecule has 1 aromatic heterocycles. The highest BCUT2D eigenvalue weighted by molar-refractivity contribution is 9.10. The molecule has 4 rings (SSSR count). The number of halogens is 1. The van der Waals surface area contributed by atoms with Gasteiger partial charge in [0.05, 0.1) is 11.7 Å². The van der Waals surface area contributed by atoms with Gasteiger partial charge in [0.2, 0.25) is 0 Å².